The van der Waals surface area contributed by atoms with Crippen LogP contribution in [-0.2, 0) is 19.6 Å². The third-order valence-corrected chi connectivity index (χ3v) is 8.70. The van der Waals surface area contributed by atoms with Gasteiger partial charge in [0.2, 0.25) is 15.9 Å². The number of hydrogen-bond donors (Lipinski definition) is 3. The highest BCUT2D eigenvalue weighted by Crippen LogP contribution is 2.43. The quantitative estimate of drug-likeness (QED) is 0.221. The van der Waals surface area contributed by atoms with E-state index in [4.69, 9.17) is 4.74 Å². The Kier molecular flexibility index (Phi) is 12.5. The number of likely N-dealkylation sites (N-methyl/N-ethyl adjacent to an activating group) is 1. The molecular formula is C23H35ClN4O6S2. The van der Waals surface area contributed by atoms with E-state index in [9.17, 15) is 23.2 Å². The van der Waals surface area contributed by atoms with E-state index in [1.807, 2.05) is 19.0 Å². The van der Waals surface area contributed by atoms with E-state index in [0.29, 0.717) is 18.8 Å². The molecule has 1 aromatic rings. The van der Waals surface area contributed by atoms with Crippen LogP contribution in [-0.4, -0.2) is 91.0 Å². The van der Waals surface area contributed by atoms with E-state index in [2.05, 4.69) is 17.2 Å². The molecule has 0 aliphatic carbocycles. The maximum absolute atomic E-state index is 13.6. The second-order valence-corrected chi connectivity index (χ2v) is 12.7. The van der Waals surface area contributed by atoms with Gasteiger partial charge in [-0.2, -0.15) is 4.31 Å². The largest absolute Gasteiger partial charge is 0.481 e. The van der Waals surface area contributed by atoms with Gasteiger partial charge in [0.15, 0.2) is 0 Å². The fourth-order valence-corrected chi connectivity index (χ4v) is 7.38. The minimum Gasteiger partial charge on any atom is -0.481 e. The molecule has 1 fully saturated rings. The van der Waals surface area contributed by atoms with E-state index in [0.717, 1.165) is 4.31 Å². The van der Waals surface area contributed by atoms with E-state index < -0.39 is 32.0 Å². The standard InChI is InChI=1S/C23H34N4O6S2.ClH/c1-6-7-14-33-17-8-10-19(11-9-17)35(31,32)27-16-18(15-20(28)24-12-13-26(4)5)34-23(2,3)21(27)22(29)25-30;/h8-11,18,21,30H,12-16H2,1-5H3,(H,24,28)(H,25,29);1H. The average molecular weight is 563 g/mol. The third-order valence-electron chi connectivity index (χ3n) is 5.37. The number of halogens is 1. The lowest BCUT2D eigenvalue weighted by Gasteiger charge is -2.46. The van der Waals surface area contributed by atoms with Gasteiger partial charge in [0.25, 0.3) is 5.91 Å². The molecule has 202 valence electrons. The SMILES string of the molecule is CC#CCOc1ccc(S(=O)(=O)N2CC(CC(=O)NCCN(C)C)SC(C)(C)C2C(=O)NO)cc1.Cl. The van der Waals surface area contributed by atoms with Gasteiger partial charge >= 0.3 is 0 Å². The Morgan fingerprint density at radius 3 is 2.47 bits per heavy atom. The summed E-state index contributed by atoms with van der Waals surface area (Å²) < 4.78 is 32.9. The number of nitrogens with zero attached hydrogens (tertiary/aromatic N) is 2. The highest BCUT2D eigenvalue weighted by molar-refractivity contribution is 8.01. The first-order chi connectivity index (χ1) is 16.4. The predicted octanol–water partition coefficient (Wildman–Crippen LogP) is 1.34. The molecule has 1 heterocycles. The van der Waals surface area contributed by atoms with E-state index in [-0.39, 0.29) is 42.8 Å². The highest BCUT2D eigenvalue weighted by atomic mass is 35.5. The van der Waals surface area contributed by atoms with Crippen molar-refractivity contribution in [1.29, 1.82) is 0 Å². The molecule has 13 heteroatoms. The van der Waals surface area contributed by atoms with Gasteiger partial charge in [0.1, 0.15) is 18.4 Å². The number of carbonyl (C=O) groups is 2. The first-order valence-corrected chi connectivity index (χ1v) is 13.4. The van der Waals surface area contributed by atoms with Crippen molar-refractivity contribution in [2.75, 3.05) is 40.3 Å². The molecule has 0 saturated carbocycles. The zero-order valence-corrected chi connectivity index (χ0v) is 23.6. The molecule has 0 radical (unpaired) electrons. The Hall–Kier alpha value is -2.01. The van der Waals surface area contributed by atoms with Gasteiger partial charge < -0.3 is 15.0 Å². The maximum atomic E-state index is 13.6. The smallest absolute Gasteiger partial charge is 0.263 e. The lowest BCUT2D eigenvalue weighted by molar-refractivity contribution is -0.134. The number of carbonyl (C=O) groups excluding carboxylic acids is 2. The molecule has 3 N–H and O–H groups in total. The van der Waals surface area contributed by atoms with Crippen molar-refractivity contribution in [3.8, 4) is 17.6 Å². The van der Waals surface area contributed by atoms with E-state index in [1.54, 1.807) is 26.3 Å². The zero-order valence-electron chi connectivity index (χ0n) is 21.1. The average Bonchev–Trinajstić information content (AvgIpc) is 2.78. The molecular weight excluding hydrogens is 528 g/mol. The Morgan fingerprint density at radius 2 is 1.92 bits per heavy atom. The first kappa shape index (κ1) is 32.0. The van der Waals surface area contributed by atoms with Crippen LogP contribution in [0.5, 0.6) is 5.75 Å². The molecule has 36 heavy (non-hydrogen) atoms. The van der Waals surface area contributed by atoms with Crippen LogP contribution in [0.25, 0.3) is 0 Å². The maximum Gasteiger partial charge on any atom is 0.263 e. The lowest BCUT2D eigenvalue weighted by atomic mass is 10.0. The molecule has 1 saturated heterocycles. The fraction of sp³-hybridized carbons (Fsp3) is 0.565. The summed E-state index contributed by atoms with van der Waals surface area (Å²) in [5.41, 5.74) is 1.60. The van der Waals surface area contributed by atoms with Crippen molar-refractivity contribution in [3.05, 3.63) is 24.3 Å². The van der Waals surface area contributed by atoms with Crippen molar-refractivity contribution >= 4 is 46.0 Å². The van der Waals surface area contributed by atoms with E-state index >= 15 is 0 Å². The molecule has 2 atom stereocenters. The summed E-state index contributed by atoms with van der Waals surface area (Å²) in [6, 6.07) is 4.65. The summed E-state index contributed by atoms with van der Waals surface area (Å²) in [5.74, 6) is 4.90. The molecule has 1 aliphatic rings. The van der Waals surface area contributed by atoms with Crippen LogP contribution in [0.4, 0.5) is 0 Å². The van der Waals surface area contributed by atoms with Crippen LogP contribution < -0.4 is 15.5 Å². The molecule has 10 nitrogen and oxygen atoms in total. The van der Waals surface area contributed by atoms with Gasteiger partial charge in [-0.25, -0.2) is 13.9 Å². The Bertz CT molecular complexity index is 1050. The van der Waals surface area contributed by atoms with Gasteiger partial charge in [0.05, 0.1) is 4.90 Å². The first-order valence-electron chi connectivity index (χ1n) is 11.1. The zero-order chi connectivity index (χ0) is 26.2. The van der Waals surface area contributed by atoms with Crippen LogP contribution in [0, 0.1) is 11.8 Å². The number of ether oxygens (including phenoxy) is 1. The number of benzene rings is 1. The molecule has 2 amide bonds. The molecule has 1 aliphatic heterocycles. The number of amides is 2. The summed E-state index contributed by atoms with van der Waals surface area (Å²) >= 11 is 1.36. The number of sulfonamides is 1. The molecule has 0 spiro atoms. The summed E-state index contributed by atoms with van der Waals surface area (Å²) in [6.07, 6.45) is 0.0895. The van der Waals surface area contributed by atoms with Crippen molar-refractivity contribution in [2.24, 2.45) is 0 Å². The molecule has 1 aromatic carbocycles. The minimum absolute atomic E-state index is 0. The van der Waals surface area contributed by atoms with Gasteiger partial charge in [-0.15, -0.1) is 30.1 Å². The van der Waals surface area contributed by atoms with Gasteiger partial charge in [-0.1, -0.05) is 5.92 Å². The summed E-state index contributed by atoms with van der Waals surface area (Å²) in [7, 11) is -0.347. The monoisotopic (exact) mass is 562 g/mol. The summed E-state index contributed by atoms with van der Waals surface area (Å²) in [4.78, 5) is 27.0. The van der Waals surface area contributed by atoms with Crippen molar-refractivity contribution in [1.82, 2.24) is 20.0 Å². The fourth-order valence-electron chi connectivity index (χ4n) is 3.77. The lowest BCUT2D eigenvalue weighted by Crippen LogP contribution is -2.63. The van der Waals surface area contributed by atoms with Crippen LogP contribution in [0.1, 0.15) is 27.2 Å². The summed E-state index contributed by atoms with van der Waals surface area (Å²) in [5, 5.41) is 11.8. The van der Waals surface area contributed by atoms with Gasteiger partial charge in [0, 0.05) is 36.1 Å². The normalized spacial score (nSPS) is 19.4. The van der Waals surface area contributed by atoms with Gasteiger partial charge in [-0.3, -0.25) is 14.8 Å². The number of nitrogens with one attached hydrogen (secondary N) is 2. The van der Waals surface area contributed by atoms with Crippen molar-refractivity contribution in [2.45, 2.75) is 48.1 Å². The number of thioether (sulfide) groups is 1. The molecule has 2 unspecified atom stereocenters. The van der Waals surface area contributed by atoms with Crippen LogP contribution in [0.15, 0.2) is 29.2 Å². The molecule has 2 rings (SSSR count). The summed E-state index contributed by atoms with van der Waals surface area (Å²) in [6.45, 7) is 6.40. The van der Waals surface area contributed by atoms with E-state index in [1.165, 1.54) is 36.0 Å². The third kappa shape index (κ3) is 8.54. The Balaban J connectivity index is 0.00000648. The number of rotatable bonds is 10. The molecule has 0 aromatic heterocycles. The minimum atomic E-state index is -4.15. The number of hydroxylamine groups is 1. The second kappa shape index (κ2) is 14.1. The van der Waals surface area contributed by atoms with Gasteiger partial charge in [-0.05, 0) is 59.1 Å². The van der Waals surface area contributed by atoms with Crippen LogP contribution >= 0.6 is 24.2 Å². The van der Waals surface area contributed by atoms with Crippen molar-refractivity contribution in [3.63, 3.8) is 0 Å². The second-order valence-electron chi connectivity index (χ2n) is 8.84. The Morgan fingerprint density at radius 1 is 1.28 bits per heavy atom. The van der Waals surface area contributed by atoms with Crippen LogP contribution in [0.3, 0.4) is 0 Å². The highest BCUT2D eigenvalue weighted by Gasteiger charge is 2.51. The Labute approximate surface area is 223 Å². The van der Waals surface area contributed by atoms with Crippen LogP contribution in [0.2, 0.25) is 0 Å². The predicted molar refractivity (Wildman–Crippen MR) is 142 cm³/mol. The van der Waals surface area contributed by atoms with Crippen molar-refractivity contribution < 1.29 is 28.0 Å². The topological polar surface area (TPSA) is 128 Å². The number of hydrogen-bond acceptors (Lipinski definition) is 8. The molecule has 0 bridgehead atoms.